The summed E-state index contributed by atoms with van der Waals surface area (Å²) in [6.45, 7) is 4.89. The summed E-state index contributed by atoms with van der Waals surface area (Å²) in [6.07, 6.45) is 1.77. The first-order valence-electron chi connectivity index (χ1n) is 5.92. The molecule has 2 aromatic rings. The quantitative estimate of drug-likeness (QED) is 0.865. The van der Waals surface area contributed by atoms with Gasteiger partial charge in [-0.3, -0.25) is 0 Å². The molecule has 3 nitrogen and oxygen atoms in total. The standard InChI is InChI=1S/C14H16ClN3/c1-3-16-14-9-12(6-7-17-14)18-11-5-4-10(2)13(15)8-11/h4-9H,3H2,1-2H3,(H2,16,17,18). The van der Waals surface area contributed by atoms with Crippen molar-refractivity contribution in [2.45, 2.75) is 13.8 Å². The average molecular weight is 262 g/mol. The Morgan fingerprint density at radius 3 is 2.67 bits per heavy atom. The van der Waals surface area contributed by atoms with Gasteiger partial charge in [-0.25, -0.2) is 4.98 Å². The summed E-state index contributed by atoms with van der Waals surface area (Å²) in [6, 6.07) is 9.82. The predicted octanol–water partition coefficient (Wildman–Crippen LogP) is 4.22. The normalized spacial score (nSPS) is 10.2. The summed E-state index contributed by atoms with van der Waals surface area (Å²) in [5.41, 5.74) is 3.03. The van der Waals surface area contributed by atoms with Gasteiger partial charge in [0, 0.05) is 35.2 Å². The Balaban J connectivity index is 2.17. The van der Waals surface area contributed by atoms with Crippen LogP contribution in [0.4, 0.5) is 17.2 Å². The number of hydrogen-bond acceptors (Lipinski definition) is 3. The van der Waals surface area contributed by atoms with Gasteiger partial charge in [-0.15, -0.1) is 0 Å². The number of rotatable bonds is 4. The maximum absolute atomic E-state index is 6.10. The van der Waals surface area contributed by atoms with E-state index in [1.54, 1.807) is 6.20 Å². The lowest BCUT2D eigenvalue weighted by Crippen LogP contribution is -1.99. The third kappa shape index (κ3) is 3.14. The zero-order chi connectivity index (χ0) is 13.0. The van der Waals surface area contributed by atoms with E-state index >= 15 is 0 Å². The molecule has 0 saturated carbocycles. The number of aryl methyl sites for hydroxylation is 1. The van der Waals surface area contributed by atoms with Crippen LogP contribution in [0.2, 0.25) is 5.02 Å². The van der Waals surface area contributed by atoms with Crippen molar-refractivity contribution in [3.63, 3.8) is 0 Å². The zero-order valence-corrected chi connectivity index (χ0v) is 11.3. The Morgan fingerprint density at radius 2 is 1.94 bits per heavy atom. The zero-order valence-electron chi connectivity index (χ0n) is 10.5. The summed E-state index contributed by atoms with van der Waals surface area (Å²) in [5.74, 6) is 0.862. The first kappa shape index (κ1) is 12.7. The molecule has 0 saturated heterocycles. The highest BCUT2D eigenvalue weighted by Crippen LogP contribution is 2.23. The highest BCUT2D eigenvalue weighted by molar-refractivity contribution is 6.31. The molecule has 18 heavy (non-hydrogen) atoms. The second kappa shape index (κ2) is 5.74. The second-order valence-corrected chi connectivity index (χ2v) is 4.46. The topological polar surface area (TPSA) is 37.0 Å². The lowest BCUT2D eigenvalue weighted by atomic mass is 10.2. The van der Waals surface area contributed by atoms with Gasteiger partial charge in [0.25, 0.3) is 0 Å². The number of hydrogen-bond donors (Lipinski definition) is 2. The summed E-state index contributed by atoms with van der Waals surface area (Å²) in [5, 5.41) is 7.25. The van der Waals surface area contributed by atoms with E-state index in [0.29, 0.717) is 0 Å². The molecule has 2 N–H and O–H groups in total. The third-order valence-corrected chi connectivity index (χ3v) is 2.99. The maximum Gasteiger partial charge on any atom is 0.127 e. The summed E-state index contributed by atoms with van der Waals surface area (Å²) < 4.78 is 0. The molecule has 2 rings (SSSR count). The van der Waals surface area contributed by atoms with Crippen LogP contribution >= 0.6 is 11.6 Å². The van der Waals surface area contributed by atoms with Crippen LogP contribution in [0.15, 0.2) is 36.5 Å². The van der Waals surface area contributed by atoms with Crippen molar-refractivity contribution in [3.8, 4) is 0 Å². The molecule has 0 aliphatic carbocycles. The fourth-order valence-electron chi connectivity index (χ4n) is 1.62. The molecule has 0 atom stereocenters. The molecule has 94 valence electrons. The molecule has 0 unspecified atom stereocenters. The summed E-state index contributed by atoms with van der Waals surface area (Å²) in [7, 11) is 0. The van der Waals surface area contributed by atoms with Gasteiger partial charge in [0.2, 0.25) is 0 Å². The monoisotopic (exact) mass is 261 g/mol. The number of pyridine rings is 1. The van der Waals surface area contributed by atoms with Gasteiger partial charge in [0.05, 0.1) is 0 Å². The van der Waals surface area contributed by atoms with E-state index in [2.05, 4.69) is 15.6 Å². The first-order chi connectivity index (χ1) is 8.69. The van der Waals surface area contributed by atoms with Crippen LogP contribution in [0.25, 0.3) is 0 Å². The van der Waals surface area contributed by atoms with Crippen molar-refractivity contribution in [2.24, 2.45) is 0 Å². The van der Waals surface area contributed by atoms with Crippen molar-refractivity contribution in [2.75, 3.05) is 17.2 Å². The fraction of sp³-hybridized carbons (Fsp3) is 0.214. The van der Waals surface area contributed by atoms with Gasteiger partial charge in [-0.05, 0) is 37.6 Å². The molecular weight excluding hydrogens is 246 g/mol. The minimum atomic E-state index is 0.765. The molecule has 0 fully saturated rings. The Labute approximate surface area is 112 Å². The number of benzene rings is 1. The van der Waals surface area contributed by atoms with Crippen LogP contribution in [-0.4, -0.2) is 11.5 Å². The van der Waals surface area contributed by atoms with E-state index in [0.717, 1.165) is 34.3 Å². The first-order valence-corrected chi connectivity index (χ1v) is 6.30. The van der Waals surface area contributed by atoms with Crippen LogP contribution in [0.3, 0.4) is 0 Å². The molecule has 1 aromatic carbocycles. The van der Waals surface area contributed by atoms with Gasteiger partial charge in [0.15, 0.2) is 0 Å². The highest BCUT2D eigenvalue weighted by Gasteiger charge is 2.00. The fourth-order valence-corrected chi connectivity index (χ4v) is 1.80. The van der Waals surface area contributed by atoms with Gasteiger partial charge in [-0.2, -0.15) is 0 Å². The molecule has 1 heterocycles. The third-order valence-electron chi connectivity index (χ3n) is 2.58. The van der Waals surface area contributed by atoms with Gasteiger partial charge < -0.3 is 10.6 Å². The van der Waals surface area contributed by atoms with Crippen molar-refractivity contribution in [1.82, 2.24) is 4.98 Å². The number of nitrogens with one attached hydrogen (secondary N) is 2. The van der Waals surface area contributed by atoms with Crippen molar-refractivity contribution in [1.29, 1.82) is 0 Å². The van der Waals surface area contributed by atoms with E-state index in [4.69, 9.17) is 11.6 Å². The van der Waals surface area contributed by atoms with Crippen LogP contribution in [0.5, 0.6) is 0 Å². The average Bonchev–Trinajstić information content (AvgIpc) is 2.35. The van der Waals surface area contributed by atoms with Crippen molar-refractivity contribution < 1.29 is 0 Å². The molecule has 0 aliphatic heterocycles. The number of anilines is 3. The second-order valence-electron chi connectivity index (χ2n) is 4.05. The lowest BCUT2D eigenvalue weighted by Gasteiger charge is -2.09. The van der Waals surface area contributed by atoms with Crippen molar-refractivity contribution in [3.05, 3.63) is 47.1 Å². The SMILES string of the molecule is CCNc1cc(Nc2ccc(C)c(Cl)c2)ccn1. The largest absolute Gasteiger partial charge is 0.370 e. The molecule has 0 bridgehead atoms. The van der Waals surface area contributed by atoms with Crippen LogP contribution in [0, 0.1) is 6.92 Å². The summed E-state index contributed by atoms with van der Waals surface area (Å²) in [4.78, 5) is 4.23. The smallest absolute Gasteiger partial charge is 0.127 e. The van der Waals surface area contributed by atoms with Crippen LogP contribution in [-0.2, 0) is 0 Å². The minimum absolute atomic E-state index is 0.765. The highest BCUT2D eigenvalue weighted by atomic mass is 35.5. The predicted molar refractivity (Wildman–Crippen MR) is 77.9 cm³/mol. The van der Waals surface area contributed by atoms with E-state index in [1.165, 1.54) is 0 Å². The van der Waals surface area contributed by atoms with Gasteiger partial charge in [0.1, 0.15) is 5.82 Å². The number of nitrogens with zero attached hydrogens (tertiary/aromatic N) is 1. The molecular formula is C14H16ClN3. The van der Waals surface area contributed by atoms with Gasteiger partial charge >= 0.3 is 0 Å². The Hall–Kier alpha value is -1.74. The van der Waals surface area contributed by atoms with E-state index in [9.17, 15) is 0 Å². The molecule has 0 radical (unpaired) electrons. The van der Waals surface area contributed by atoms with E-state index in [1.807, 2.05) is 44.2 Å². The molecule has 1 aromatic heterocycles. The van der Waals surface area contributed by atoms with Crippen LogP contribution < -0.4 is 10.6 Å². The summed E-state index contributed by atoms with van der Waals surface area (Å²) >= 11 is 6.10. The minimum Gasteiger partial charge on any atom is -0.370 e. The number of aromatic nitrogens is 1. The molecule has 0 aliphatic rings. The lowest BCUT2D eigenvalue weighted by molar-refractivity contribution is 1.16. The van der Waals surface area contributed by atoms with E-state index in [-0.39, 0.29) is 0 Å². The number of halogens is 1. The van der Waals surface area contributed by atoms with Crippen LogP contribution in [0.1, 0.15) is 12.5 Å². The van der Waals surface area contributed by atoms with Gasteiger partial charge in [-0.1, -0.05) is 17.7 Å². The van der Waals surface area contributed by atoms with Crippen molar-refractivity contribution >= 4 is 28.8 Å². The Morgan fingerprint density at radius 1 is 1.17 bits per heavy atom. The Bertz CT molecular complexity index is 540. The van der Waals surface area contributed by atoms with E-state index < -0.39 is 0 Å². The molecule has 0 spiro atoms. The Kier molecular flexibility index (Phi) is 4.05. The molecule has 4 heteroatoms. The molecule has 0 amide bonds. The maximum atomic E-state index is 6.10.